The Morgan fingerprint density at radius 1 is 1.05 bits per heavy atom. The molecule has 2 nitrogen and oxygen atoms in total. The van der Waals surface area contributed by atoms with Crippen LogP contribution in [0.4, 0.5) is 0 Å². The summed E-state index contributed by atoms with van der Waals surface area (Å²) in [5.74, 6) is 0.410. The fourth-order valence-electron chi connectivity index (χ4n) is 2.50. The molecular weight excluding hydrogens is 246 g/mol. The molecule has 0 heterocycles. The van der Waals surface area contributed by atoms with Gasteiger partial charge in [-0.2, -0.15) is 0 Å². The summed E-state index contributed by atoms with van der Waals surface area (Å²) in [7, 11) is 0. The normalized spacial score (nSPS) is 15.7. The van der Waals surface area contributed by atoms with E-state index in [9.17, 15) is 4.79 Å². The topological polar surface area (TPSA) is 29.1 Å². The molecule has 1 fully saturated rings. The lowest BCUT2D eigenvalue weighted by atomic mass is 9.95. The molecule has 0 radical (unpaired) electrons. The van der Waals surface area contributed by atoms with E-state index in [1.165, 1.54) is 11.1 Å². The first-order valence-electron chi connectivity index (χ1n) is 7.16. The van der Waals surface area contributed by atoms with Gasteiger partial charge in [0.15, 0.2) is 0 Å². The Hall–Kier alpha value is -2.09. The quantitative estimate of drug-likeness (QED) is 0.899. The predicted octanol–water partition coefficient (Wildman–Crippen LogP) is 3.61. The van der Waals surface area contributed by atoms with Gasteiger partial charge in [-0.25, -0.2) is 0 Å². The fraction of sp³-hybridized carbons (Fsp3) is 0.278. The van der Waals surface area contributed by atoms with Crippen LogP contribution in [0.2, 0.25) is 0 Å². The smallest absolute Gasteiger partial charge is 0.223 e. The Kier molecular flexibility index (Phi) is 3.55. The molecule has 2 aromatic carbocycles. The van der Waals surface area contributed by atoms with Gasteiger partial charge in [0.1, 0.15) is 0 Å². The highest BCUT2D eigenvalue weighted by atomic mass is 16.2. The van der Waals surface area contributed by atoms with Crippen LogP contribution >= 0.6 is 0 Å². The molecular formula is C18H19NO. The number of benzene rings is 2. The number of carbonyl (C=O) groups is 1. The molecule has 0 bridgehead atoms. The van der Waals surface area contributed by atoms with Crippen molar-refractivity contribution in [2.24, 2.45) is 5.92 Å². The van der Waals surface area contributed by atoms with E-state index in [-0.39, 0.29) is 17.9 Å². The summed E-state index contributed by atoms with van der Waals surface area (Å²) in [5.41, 5.74) is 3.51. The summed E-state index contributed by atoms with van der Waals surface area (Å²) >= 11 is 0. The molecule has 0 saturated heterocycles. The third kappa shape index (κ3) is 2.74. The van der Waals surface area contributed by atoms with Crippen LogP contribution in [-0.4, -0.2) is 5.91 Å². The maximum Gasteiger partial charge on any atom is 0.223 e. The van der Waals surface area contributed by atoms with Crippen molar-refractivity contribution in [3.05, 3.63) is 71.3 Å². The second-order valence-corrected chi connectivity index (χ2v) is 5.48. The Balaban J connectivity index is 1.94. The molecule has 1 aliphatic rings. The molecule has 1 saturated carbocycles. The van der Waals surface area contributed by atoms with E-state index >= 15 is 0 Å². The number of nitrogens with one attached hydrogen (secondary N) is 1. The summed E-state index contributed by atoms with van der Waals surface area (Å²) in [6.45, 7) is 2.09. The highest BCUT2D eigenvalue weighted by Gasteiger charge is 2.31. The Morgan fingerprint density at radius 2 is 1.70 bits per heavy atom. The third-order valence-electron chi connectivity index (χ3n) is 3.87. The molecule has 0 spiro atoms. The summed E-state index contributed by atoms with van der Waals surface area (Å²) in [6, 6.07) is 18.4. The van der Waals surface area contributed by atoms with Crippen LogP contribution in [0.1, 0.15) is 35.6 Å². The lowest BCUT2D eigenvalue weighted by Gasteiger charge is -2.21. The first kappa shape index (κ1) is 12.9. The molecule has 0 unspecified atom stereocenters. The molecule has 1 aliphatic carbocycles. The van der Waals surface area contributed by atoms with Crippen molar-refractivity contribution in [2.75, 3.05) is 0 Å². The van der Waals surface area contributed by atoms with Gasteiger partial charge in [0.05, 0.1) is 6.04 Å². The zero-order valence-electron chi connectivity index (χ0n) is 11.7. The van der Waals surface area contributed by atoms with Crippen molar-refractivity contribution in [1.29, 1.82) is 0 Å². The molecule has 3 rings (SSSR count). The predicted molar refractivity (Wildman–Crippen MR) is 80.3 cm³/mol. The van der Waals surface area contributed by atoms with E-state index < -0.39 is 0 Å². The van der Waals surface area contributed by atoms with E-state index in [4.69, 9.17) is 0 Å². The fourth-order valence-corrected chi connectivity index (χ4v) is 2.50. The summed E-state index contributed by atoms with van der Waals surface area (Å²) in [6.07, 6.45) is 2.06. The monoisotopic (exact) mass is 265 g/mol. The summed E-state index contributed by atoms with van der Waals surface area (Å²) in [4.78, 5) is 12.2. The molecule has 1 amide bonds. The number of aryl methyl sites for hydroxylation is 1. The Morgan fingerprint density at radius 3 is 2.35 bits per heavy atom. The molecule has 20 heavy (non-hydrogen) atoms. The minimum absolute atomic E-state index is 0.0505. The average molecular weight is 265 g/mol. The number of hydrogen-bond donors (Lipinski definition) is 1. The van der Waals surface area contributed by atoms with E-state index in [0.717, 1.165) is 18.4 Å². The molecule has 0 aromatic heterocycles. The zero-order chi connectivity index (χ0) is 13.9. The molecule has 2 aromatic rings. The van der Waals surface area contributed by atoms with Gasteiger partial charge in [-0.3, -0.25) is 4.79 Å². The maximum atomic E-state index is 12.2. The number of rotatable bonds is 4. The Bertz CT molecular complexity index is 602. The van der Waals surface area contributed by atoms with Gasteiger partial charge in [0.25, 0.3) is 0 Å². The lowest BCUT2D eigenvalue weighted by molar-refractivity contribution is -0.122. The minimum atomic E-state index is -0.0505. The molecule has 0 aliphatic heterocycles. The van der Waals surface area contributed by atoms with Crippen LogP contribution in [0.5, 0.6) is 0 Å². The van der Waals surface area contributed by atoms with Gasteiger partial charge < -0.3 is 5.32 Å². The van der Waals surface area contributed by atoms with Crippen LogP contribution in [0.3, 0.4) is 0 Å². The van der Waals surface area contributed by atoms with Crippen LogP contribution < -0.4 is 5.32 Å². The zero-order valence-corrected chi connectivity index (χ0v) is 11.7. The van der Waals surface area contributed by atoms with Gasteiger partial charge in [-0.05, 0) is 36.5 Å². The van der Waals surface area contributed by atoms with E-state index in [1.54, 1.807) is 0 Å². The lowest BCUT2D eigenvalue weighted by Crippen LogP contribution is -2.30. The number of amides is 1. The van der Waals surface area contributed by atoms with E-state index in [0.29, 0.717) is 0 Å². The van der Waals surface area contributed by atoms with Gasteiger partial charge in [-0.15, -0.1) is 0 Å². The summed E-state index contributed by atoms with van der Waals surface area (Å²) < 4.78 is 0. The van der Waals surface area contributed by atoms with Crippen molar-refractivity contribution >= 4 is 5.91 Å². The minimum Gasteiger partial charge on any atom is -0.345 e. The van der Waals surface area contributed by atoms with Crippen LogP contribution in [0.25, 0.3) is 0 Å². The standard InChI is InChI=1S/C18H19NO/c1-13-7-5-6-10-16(13)17(14-8-3-2-4-9-14)19-18(20)15-11-12-15/h2-10,15,17H,11-12H2,1H3,(H,19,20)/t17-/m0/s1. The average Bonchev–Trinajstić information content (AvgIpc) is 3.31. The largest absolute Gasteiger partial charge is 0.345 e. The third-order valence-corrected chi connectivity index (χ3v) is 3.87. The van der Waals surface area contributed by atoms with Gasteiger partial charge in [-0.1, -0.05) is 54.6 Å². The van der Waals surface area contributed by atoms with E-state index in [2.05, 4.69) is 36.5 Å². The van der Waals surface area contributed by atoms with Crippen molar-refractivity contribution in [1.82, 2.24) is 5.32 Å². The van der Waals surface area contributed by atoms with Crippen molar-refractivity contribution in [3.63, 3.8) is 0 Å². The first-order valence-corrected chi connectivity index (χ1v) is 7.16. The molecule has 2 heteroatoms. The van der Waals surface area contributed by atoms with Crippen LogP contribution in [-0.2, 0) is 4.79 Å². The Labute approximate surface area is 119 Å². The second kappa shape index (κ2) is 5.49. The maximum absolute atomic E-state index is 12.2. The van der Waals surface area contributed by atoms with Crippen LogP contribution in [0.15, 0.2) is 54.6 Å². The molecule has 1 N–H and O–H groups in total. The molecule has 1 atom stereocenters. The first-order chi connectivity index (χ1) is 9.75. The van der Waals surface area contributed by atoms with E-state index in [1.807, 2.05) is 30.3 Å². The number of hydrogen-bond acceptors (Lipinski definition) is 1. The number of carbonyl (C=O) groups excluding carboxylic acids is 1. The highest BCUT2D eigenvalue weighted by Crippen LogP contribution is 2.31. The summed E-state index contributed by atoms with van der Waals surface area (Å²) in [5, 5.41) is 3.21. The highest BCUT2D eigenvalue weighted by molar-refractivity contribution is 5.81. The molecule has 102 valence electrons. The van der Waals surface area contributed by atoms with Crippen molar-refractivity contribution < 1.29 is 4.79 Å². The van der Waals surface area contributed by atoms with Crippen molar-refractivity contribution in [3.8, 4) is 0 Å². The second-order valence-electron chi connectivity index (χ2n) is 5.48. The van der Waals surface area contributed by atoms with Crippen LogP contribution in [0, 0.1) is 12.8 Å². The SMILES string of the molecule is Cc1ccccc1[C@@H](NC(=O)C1CC1)c1ccccc1. The van der Waals surface area contributed by atoms with Gasteiger partial charge in [0, 0.05) is 5.92 Å². The van der Waals surface area contributed by atoms with Gasteiger partial charge in [0.2, 0.25) is 5.91 Å². The van der Waals surface area contributed by atoms with Crippen molar-refractivity contribution in [2.45, 2.75) is 25.8 Å². The van der Waals surface area contributed by atoms with Gasteiger partial charge >= 0.3 is 0 Å².